The zero-order valence-corrected chi connectivity index (χ0v) is 8.91. The van der Waals surface area contributed by atoms with Crippen LogP contribution in [0.4, 0.5) is 0 Å². The summed E-state index contributed by atoms with van der Waals surface area (Å²) in [4.78, 5) is 22.5. The van der Waals surface area contributed by atoms with Crippen LogP contribution in [0.3, 0.4) is 0 Å². The molecule has 0 spiro atoms. The summed E-state index contributed by atoms with van der Waals surface area (Å²) in [5.41, 5.74) is 0.624. The second-order valence-electron chi connectivity index (χ2n) is 2.91. The van der Waals surface area contributed by atoms with Crippen LogP contribution in [0.5, 0.6) is 0 Å². The zero-order valence-electron chi connectivity index (χ0n) is 8.10. The number of aromatic amines is 1. The highest BCUT2D eigenvalue weighted by molar-refractivity contribution is 7.99. The quantitative estimate of drug-likeness (QED) is 0.804. The standard InChI is InChI=1S/C10H9N3OS/c1-7(14)8-3-2-4-11-9(8)15-10-12-5-6-13-10/h2-6H,1H3,(H,12,13). The highest BCUT2D eigenvalue weighted by atomic mass is 32.2. The van der Waals surface area contributed by atoms with Crippen LogP contribution < -0.4 is 0 Å². The predicted molar refractivity (Wildman–Crippen MR) is 57.0 cm³/mol. The molecule has 2 heterocycles. The molecule has 5 heteroatoms. The van der Waals surface area contributed by atoms with Crippen LogP contribution in [-0.2, 0) is 0 Å². The van der Waals surface area contributed by atoms with E-state index in [4.69, 9.17) is 0 Å². The minimum Gasteiger partial charge on any atom is -0.339 e. The summed E-state index contributed by atoms with van der Waals surface area (Å²) in [6.45, 7) is 1.53. The summed E-state index contributed by atoms with van der Waals surface area (Å²) in [7, 11) is 0. The summed E-state index contributed by atoms with van der Waals surface area (Å²) in [5, 5.41) is 1.41. The first-order valence-corrected chi connectivity index (χ1v) is 5.22. The highest BCUT2D eigenvalue weighted by Crippen LogP contribution is 2.25. The second-order valence-corrected chi connectivity index (χ2v) is 3.89. The Morgan fingerprint density at radius 1 is 1.40 bits per heavy atom. The molecule has 15 heavy (non-hydrogen) atoms. The largest absolute Gasteiger partial charge is 0.339 e. The van der Waals surface area contributed by atoms with Gasteiger partial charge in [-0.3, -0.25) is 4.79 Å². The van der Waals surface area contributed by atoms with Gasteiger partial charge in [0.15, 0.2) is 10.9 Å². The van der Waals surface area contributed by atoms with Crippen LogP contribution in [0.1, 0.15) is 17.3 Å². The number of rotatable bonds is 3. The van der Waals surface area contributed by atoms with Crippen molar-refractivity contribution in [3.8, 4) is 0 Å². The van der Waals surface area contributed by atoms with E-state index < -0.39 is 0 Å². The lowest BCUT2D eigenvalue weighted by molar-refractivity contribution is 0.101. The molecule has 4 nitrogen and oxygen atoms in total. The lowest BCUT2D eigenvalue weighted by Gasteiger charge is -2.02. The molecule has 0 aliphatic heterocycles. The molecule has 1 N–H and O–H groups in total. The lowest BCUT2D eigenvalue weighted by Crippen LogP contribution is -1.96. The predicted octanol–water partition coefficient (Wildman–Crippen LogP) is 2.16. The summed E-state index contributed by atoms with van der Waals surface area (Å²) in [5.74, 6) is 0.0113. The Morgan fingerprint density at radius 2 is 2.27 bits per heavy atom. The van der Waals surface area contributed by atoms with Gasteiger partial charge < -0.3 is 4.98 Å². The van der Waals surface area contributed by atoms with Crippen molar-refractivity contribution >= 4 is 17.5 Å². The van der Waals surface area contributed by atoms with E-state index in [0.717, 1.165) is 5.16 Å². The molecule has 0 radical (unpaired) electrons. The van der Waals surface area contributed by atoms with Crippen molar-refractivity contribution in [1.29, 1.82) is 0 Å². The summed E-state index contributed by atoms with van der Waals surface area (Å²) in [6, 6.07) is 3.52. The average Bonchev–Trinajstić information content (AvgIpc) is 2.71. The average molecular weight is 219 g/mol. The third-order valence-electron chi connectivity index (χ3n) is 1.82. The third-order valence-corrected chi connectivity index (χ3v) is 2.75. The van der Waals surface area contributed by atoms with Gasteiger partial charge in [0.1, 0.15) is 5.03 Å². The normalized spacial score (nSPS) is 10.2. The molecule has 0 aliphatic carbocycles. The molecule has 0 atom stereocenters. The van der Waals surface area contributed by atoms with Gasteiger partial charge in [-0.15, -0.1) is 0 Å². The Kier molecular flexibility index (Phi) is 2.82. The number of hydrogen-bond acceptors (Lipinski definition) is 4. The van der Waals surface area contributed by atoms with E-state index >= 15 is 0 Å². The number of ketones is 1. The number of carbonyl (C=O) groups is 1. The number of H-pyrrole nitrogens is 1. The third kappa shape index (κ3) is 2.24. The minimum atomic E-state index is 0.0113. The molecule has 2 aromatic rings. The monoisotopic (exact) mass is 219 g/mol. The van der Waals surface area contributed by atoms with Crippen LogP contribution in [0.25, 0.3) is 0 Å². The fourth-order valence-corrected chi connectivity index (χ4v) is 2.00. The number of carbonyl (C=O) groups excluding carboxylic acids is 1. The minimum absolute atomic E-state index is 0.0113. The first kappa shape index (κ1) is 9.92. The van der Waals surface area contributed by atoms with Crippen molar-refractivity contribution in [2.75, 3.05) is 0 Å². The van der Waals surface area contributed by atoms with Crippen LogP contribution in [0, 0.1) is 0 Å². The fraction of sp³-hybridized carbons (Fsp3) is 0.100. The maximum atomic E-state index is 11.3. The Balaban J connectivity index is 2.32. The summed E-state index contributed by atoms with van der Waals surface area (Å²) < 4.78 is 0. The fourth-order valence-electron chi connectivity index (χ4n) is 1.14. The maximum Gasteiger partial charge on any atom is 0.171 e. The molecular weight excluding hydrogens is 210 g/mol. The zero-order chi connectivity index (χ0) is 10.7. The Hall–Kier alpha value is -1.62. The smallest absolute Gasteiger partial charge is 0.171 e. The molecule has 0 aliphatic rings. The molecule has 0 aromatic carbocycles. The molecule has 2 aromatic heterocycles. The van der Waals surface area contributed by atoms with Crippen LogP contribution in [0.2, 0.25) is 0 Å². The Labute approximate surface area is 91.2 Å². The first-order valence-electron chi connectivity index (χ1n) is 4.40. The molecule has 0 fully saturated rings. The van der Waals surface area contributed by atoms with Crippen LogP contribution >= 0.6 is 11.8 Å². The van der Waals surface area contributed by atoms with Crippen LogP contribution in [-0.4, -0.2) is 20.7 Å². The summed E-state index contributed by atoms with van der Waals surface area (Å²) >= 11 is 1.35. The van der Waals surface area contributed by atoms with Gasteiger partial charge in [-0.1, -0.05) is 0 Å². The molecular formula is C10H9N3OS. The van der Waals surface area contributed by atoms with Gasteiger partial charge in [0.05, 0.1) is 0 Å². The van der Waals surface area contributed by atoms with Gasteiger partial charge >= 0.3 is 0 Å². The van der Waals surface area contributed by atoms with Gasteiger partial charge in [0.25, 0.3) is 0 Å². The number of nitrogens with one attached hydrogen (secondary N) is 1. The number of Topliss-reactive ketones (excluding diaryl/α,β-unsaturated/α-hetero) is 1. The van der Waals surface area contributed by atoms with Gasteiger partial charge in [-0.05, 0) is 30.8 Å². The molecule has 0 unspecified atom stereocenters. The van der Waals surface area contributed by atoms with Crippen molar-refractivity contribution in [3.63, 3.8) is 0 Å². The molecule has 0 saturated heterocycles. The topological polar surface area (TPSA) is 58.6 Å². The molecule has 0 amide bonds. The molecule has 2 rings (SSSR count). The van der Waals surface area contributed by atoms with Crippen molar-refractivity contribution in [2.24, 2.45) is 0 Å². The molecule has 0 saturated carbocycles. The number of hydrogen-bond donors (Lipinski definition) is 1. The van der Waals surface area contributed by atoms with Gasteiger partial charge in [-0.25, -0.2) is 9.97 Å². The number of imidazole rings is 1. The second kappa shape index (κ2) is 4.27. The van der Waals surface area contributed by atoms with E-state index in [1.165, 1.54) is 18.7 Å². The summed E-state index contributed by atoms with van der Waals surface area (Å²) in [6.07, 6.45) is 5.06. The van der Waals surface area contributed by atoms with Crippen molar-refractivity contribution in [3.05, 3.63) is 36.3 Å². The lowest BCUT2D eigenvalue weighted by atomic mass is 10.2. The van der Waals surface area contributed by atoms with Gasteiger partial charge in [0.2, 0.25) is 0 Å². The SMILES string of the molecule is CC(=O)c1cccnc1Sc1ncc[nH]1. The van der Waals surface area contributed by atoms with E-state index in [2.05, 4.69) is 15.0 Å². The van der Waals surface area contributed by atoms with E-state index in [0.29, 0.717) is 10.6 Å². The Morgan fingerprint density at radius 3 is 2.93 bits per heavy atom. The Bertz CT molecular complexity index is 467. The number of nitrogens with zero attached hydrogens (tertiary/aromatic N) is 2. The van der Waals surface area contributed by atoms with Gasteiger partial charge in [-0.2, -0.15) is 0 Å². The number of aromatic nitrogens is 3. The van der Waals surface area contributed by atoms with Crippen LogP contribution in [0.15, 0.2) is 40.9 Å². The highest BCUT2D eigenvalue weighted by Gasteiger charge is 2.09. The van der Waals surface area contributed by atoms with E-state index in [9.17, 15) is 4.79 Å². The van der Waals surface area contributed by atoms with Crippen molar-refractivity contribution in [1.82, 2.24) is 15.0 Å². The van der Waals surface area contributed by atoms with Gasteiger partial charge in [0, 0.05) is 24.2 Å². The first-order chi connectivity index (χ1) is 7.27. The van der Waals surface area contributed by atoms with Crippen molar-refractivity contribution < 1.29 is 4.79 Å². The number of pyridine rings is 1. The maximum absolute atomic E-state index is 11.3. The van der Waals surface area contributed by atoms with E-state index in [-0.39, 0.29) is 5.78 Å². The molecule has 0 bridgehead atoms. The van der Waals surface area contributed by atoms with Crippen molar-refractivity contribution in [2.45, 2.75) is 17.1 Å². The van der Waals surface area contributed by atoms with E-state index in [1.54, 1.807) is 30.7 Å². The molecule has 76 valence electrons. The van der Waals surface area contributed by atoms with E-state index in [1.807, 2.05) is 0 Å².